The van der Waals surface area contributed by atoms with E-state index in [0.717, 1.165) is 52.8 Å². The van der Waals surface area contributed by atoms with Gasteiger partial charge in [0.2, 0.25) is 5.88 Å². The average molecular weight is 521 g/mol. The molecule has 0 bridgehead atoms. The molecule has 0 amide bonds. The first-order valence-electron chi connectivity index (χ1n) is 14.4. The lowest BCUT2D eigenvalue weighted by Gasteiger charge is -2.31. The minimum Gasteiger partial charge on any atom is -0.471 e. The molecular formula is C32H36N6O. The molecule has 39 heavy (non-hydrogen) atoms. The Morgan fingerprint density at radius 1 is 0.872 bits per heavy atom. The van der Waals surface area contributed by atoms with Gasteiger partial charge in [0.25, 0.3) is 0 Å². The molecule has 7 heteroatoms. The van der Waals surface area contributed by atoms with Crippen molar-refractivity contribution in [2.24, 2.45) is 0 Å². The predicted molar refractivity (Wildman–Crippen MR) is 155 cm³/mol. The van der Waals surface area contributed by atoms with Crippen molar-refractivity contribution in [2.75, 3.05) is 20.1 Å². The summed E-state index contributed by atoms with van der Waals surface area (Å²) in [6, 6.07) is 17.9. The number of hydrogen-bond donors (Lipinski definition) is 0. The van der Waals surface area contributed by atoms with Gasteiger partial charge in [0.1, 0.15) is 24.0 Å². The van der Waals surface area contributed by atoms with Crippen molar-refractivity contribution in [3.8, 4) is 17.0 Å². The predicted octanol–water partition coefficient (Wildman–Crippen LogP) is 6.80. The summed E-state index contributed by atoms with van der Waals surface area (Å²) in [6.45, 7) is 2.61. The van der Waals surface area contributed by atoms with E-state index < -0.39 is 0 Å². The SMILES string of the molecule is CN1CCCC(n2cc(-c3ccc4c(c3)ncn4C3CCCCC3)c3ncnc(OCc4ccccc4)c32)C1. The number of benzene rings is 2. The summed E-state index contributed by atoms with van der Waals surface area (Å²) in [5.41, 5.74) is 7.56. The van der Waals surface area contributed by atoms with E-state index in [2.05, 4.69) is 62.6 Å². The minimum atomic E-state index is 0.347. The summed E-state index contributed by atoms with van der Waals surface area (Å²) < 4.78 is 11.1. The van der Waals surface area contributed by atoms with Gasteiger partial charge < -0.3 is 18.8 Å². The summed E-state index contributed by atoms with van der Waals surface area (Å²) in [4.78, 5) is 16.7. The zero-order valence-electron chi connectivity index (χ0n) is 22.7. The highest BCUT2D eigenvalue weighted by molar-refractivity contribution is 5.97. The van der Waals surface area contributed by atoms with Crippen molar-refractivity contribution in [1.82, 2.24) is 29.0 Å². The second-order valence-corrected chi connectivity index (χ2v) is 11.3. The van der Waals surface area contributed by atoms with Crippen LogP contribution in [0.4, 0.5) is 0 Å². The van der Waals surface area contributed by atoms with Crippen LogP contribution in [0.25, 0.3) is 33.2 Å². The Bertz CT molecular complexity index is 1580. The minimum absolute atomic E-state index is 0.347. The molecule has 1 atom stereocenters. The molecule has 2 fully saturated rings. The van der Waals surface area contributed by atoms with E-state index in [1.165, 1.54) is 44.0 Å². The van der Waals surface area contributed by atoms with Gasteiger partial charge in [-0.2, -0.15) is 4.98 Å². The molecule has 0 spiro atoms. The fourth-order valence-electron chi connectivity index (χ4n) is 6.60. The Labute approximate surface area is 229 Å². The number of imidazole rings is 1. The zero-order valence-corrected chi connectivity index (χ0v) is 22.7. The molecule has 7 rings (SSSR count). The van der Waals surface area contributed by atoms with Crippen LogP contribution in [0.15, 0.2) is 67.4 Å². The lowest BCUT2D eigenvalue weighted by atomic mass is 9.95. The second kappa shape index (κ2) is 10.5. The summed E-state index contributed by atoms with van der Waals surface area (Å²) in [7, 11) is 2.21. The van der Waals surface area contributed by atoms with Gasteiger partial charge in [-0.25, -0.2) is 9.97 Å². The van der Waals surface area contributed by atoms with Crippen LogP contribution in [0.5, 0.6) is 5.88 Å². The van der Waals surface area contributed by atoms with E-state index in [0.29, 0.717) is 24.6 Å². The topological polar surface area (TPSA) is 61.0 Å². The Morgan fingerprint density at radius 3 is 2.56 bits per heavy atom. The monoisotopic (exact) mass is 520 g/mol. The van der Waals surface area contributed by atoms with Gasteiger partial charge in [0.15, 0.2) is 0 Å². The normalized spacial score (nSPS) is 19.2. The fraction of sp³-hybridized carbons (Fsp3) is 0.406. The van der Waals surface area contributed by atoms with Crippen LogP contribution in [0.3, 0.4) is 0 Å². The average Bonchev–Trinajstić information content (AvgIpc) is 3.59. The molecule has 200 valence electrons. The van der Waals surface area contributed by atoms with Crippen molar-refractivity contribution in [3.05, 3.63) is 72.9 Å². The fourth-order valence-corrected chi connectivity index (χ4v) is 6.60. The maximum Gasteiger partial charge on any atom is 0.242 e. The standard InChI is InChI=1S/C32H36N6O/c1-36-16-8-13-26(18-36)37-19-27(30-31(37)32(34-21-33-30)39-20-23-9-4-2-5-10-23)24-14-15-29-28(17-24)35-22-38(29)25-11-6-3-7-12-25/h2,4-5,9-10,14-15,17,19,21-22,25-26H,3,6-8,11-13,16,18,20H2,1H3. The molecule has 1 aliphatic carbocycles. The zero-order chi connectivity index (χ0) is 26.2. The Balaban J connectivity index is 1.30. The van der Waals surface area contributed by atoms with Gasteiger partial charge in [-0.05, 0) is 62.5 Å². The van der Waals surface area contributed by atoms with Crippen LogP contribution in [0.2, 0.25) is 0 Å². The van der Waals surface area contributed by atoms with E-state index in [4.69, 9.17) is 14.7 Å². The van der Waals surface area contributed by atoms with Gasteiger partial charge in [-0.3, -0.25) is 0 Å². The van der Waals surface area contributed by atoms with Gasteiger partial charge in [0, 0.05) is 30.4 Å². The largest absolute Gasteiger partial charge is 0.471 e. The van der Waals surface area contributed by atoms with Crippen LogP contribution < -0.4 is 4.74 Å². The van der Waals surface area contributed by atoms with Crippen molar-refractivity contribution >= 4 is 22.1 Å². The third-order valence-electron chi connectivity index (χ3n) is 8.64. The van der Waals surface area contributed by atoms with Crippen LogP contribution >= 0.6 is 0 Å². The highest BCUT2D eigenvalue weighted by Gasteiger charge is 2.26. The van der Waals surface area contributed by atoms with Gasteiger partial charge in [-0.15, -0.1) is 0 Å². The van der Waals surface area contributed by atoms with Crippen molar-refractivity contribution in [3.63, 3.8) is 0 Å². The molecule has 3 aromatic heterocycles. The molecule has 2 aromatic carbocycles. The number of fused-ring (bicyclic) bond motifs is 2. The number of nitrogens with zero attached hydrogens (tertiary/aromatic N) is 6. The second-order valence-electron chi connectivity index (χ2n) is 11.3. The molecule has 1 unspecified atom stereocenters. The Morgan fingerprint density at radius 2 is 1.72 bits per heavy atom. The van der Waals surface area contributed by atoms with Gasteiger partial charge >= 0.3 is 0 Å². The molecule has 4 heterocycles. The molecule has 0 N–H and O–H groups in total. The number of likely N-dealkylation sites (tertiary alicyclic amines) is 1. The van der Waals surface area contributed by atoms with E-state index in [-0.39, 0.29) is 0 Å². The molecule has 1 saturated carbocycles. The van der Waals surface area contributed by atoms with E-state index in [9.17, 15) is 0 Å². The molecule has 1 aliphatic heterocycles. The number of piperidine rings is 1. The summed E-state index contributed by atoms with van der Waals surface area (Å²) in [5, 5.41) is 0. The summed E-state index contributed by atoms with van der Waals surface area (Å²) in [6.07, 6.45) is 14.7. The molecule has 0 radical (unpaired) electrons. The first-order chi connectivity index (χ1) is 19.2. The quantitative estimate of drug-likeness (QED) is 0.246. The highest BCUT2D eigenvalue weighted by Crippen LogP contribution is 2.39. The van der Waals surface area contributed by atoms with Crippen molar-refractivity contribution in [1.29, 1.82) is 0 Å². The lowest BCUT2D eigenvalue weighted by Crippen LogP contribution is -2.33. The number of ether oxygens (including phenoxy) is 1. The van der Waals surface area contributed by atoms with Crippen LogP contribution in [0, 0.1) is 0 Å². The number of likely N-dealkylation sites (N-methyl/N-ethyl adjacent to an activating group) is 1. The number of hydrogen-bond acceptors (Lipinski definition) is 5. The third-order valence-corrected chi connectivity index (χ3v) is 8.64. The molecule has 1 saturated heterocycles. The molecular weight excluding hydrogens is 484 g/mol. The van der Waals surface area contributed by atoms with Crippen molar-refractivity contribution < 1.29 is 4.74 Å². The van der Waals surface area contributed by atoms with E-state index >= 15 is 0 Å². The summed E-state index contributed by atoms with van der Waals surface area (Å²) in [5.74, 6) is 0.644. The van der Waals surface area contributed by atoms with Crippen LogP contribution in [-0.4, -0.2) is 49.1 Å². The molecule has 2 aliphatic rings. The van der Waals surface area contributed by atoms with Crippen molar-refractivity contribution in [2.45, 2.75) is 63.6 Å². The first-order valence-corrected chi connectivity index (χ1v) is 14.4. The lowest BCUT2D eigenvalue weighted by molar-refractivity contribution is 0.214. The first kappa shape index (κ1) is 24.3. The smallest absolute Gasteiger partial charge is 0.242 e. The van der Waals surface area contributed by atoms with E-state index in [1.807, 2.05) is 24.5 Å². The maximum atomic E-state index is 6.35. The number of aromatic nitrogens is 5. The number of rotatable bonds is 6. The molecule has 7 nitrogen and oxygen atoms in total. The molecule has 5 aromatic rings. The summed E-state index contributed by atoms with van der Waals surface area (Å²) >= 11 is 0. The van der Waals surface area contributed by atoms with Crippen LogP contribution in [-0.2, 0) is 6.61 Å². The third kappa shape index (κ3) is 4.69. The Hall–Kier alpha value is -3.71. The Kier molecular flexibility index (Phi) is 6.52. The van der Waals surface area contributed by atoms with E-state index in [1.54, 1.807) is 6.33 Å². The van der Waals surface area contributed by atoms with Gasteiger partial charge in [-0.1, -0.05) is 55.7 Å². The highest BCUT2D eigenvalue weighted by atomic mass is 16.5. The van der Waals surface area contributed by atoms with Crippen LogP contribution in [0.1, 0.15) is 62.6 Å². The maximum absolute atomic E-state index is 6.35. The van der Waals surface area contributed by atoms with Gasteiger partial charge in [0.05, 0.1) is 17.4 Å².